The van der Waals surface area contributed by atoms with Crippen molar-refractivity contribution in [3.05, 3.63) is 81.3 Å². The zero-order valence-electron chi connectivity index (χ0n) is 30.4. The van der Waals surface area contributed by atoms with Crippen molar-refractivity contribution in [1.29, 1.82) is 0 Å². The number of carbonyl (C=O) groups excluding carboxylic acids is 4. The molecule has 0 radical (unpaired) electrons. The monoisotopic (exact) mass is 775 g/mol. The molecule has 0 saturated carbocycles. The van der Waals surface area contributed by atoms with E-state index in [0.717, 1.165) is 70.6 Å². The lowest BCUT2D eigenvalue weighted by Gasteiger charge is -2.34. The van der Waals surface area contributed by atoms with Crippen LogP contribution in [-0.4, -0.2) is 51.2 Å². The number of halogens is 1. The molecule has 2 aliphatic heterocycles. The van der Waals surface area contributed by atoms with Crippen LogP contribution in [0.4, 0.5) is 5.69 Å². The van der Waals surface area contributed by atoms with Gasteiger partial charge in [-0.2, -0.15) is 0 Å². The second kappa shape index (κ2) is 19.7. The zero-order valence-corrected chi connectivity index (χ0v) is 32.0. The second-order valence-corrected chi connectivity index (χ2v) is 15.1. The number of hydrogen-bond donors (Lipinski definition) is 4. The molecule has 0 bridgehead atoms. The molecule has 52 heavy (non-hydrogen) atoms. The molecule has 3 aromatic rings. The predicted molar refractivity (Wildman–Crippen MR) is 206 cm³/mol. The summed E-state index contributed by atoms with van der Waals surface area (Å²) < 4.78 is 3.11. The summed E-state index contributed by atoms with van der Waals surface area (Å²) >= 11 is 3.50. The maximum absolute atomic E-state index is 12.6. The molecule has 2 atom stereocenters. The highest BCUT2D eigenvalue weighted by Crippen LogP contribution is 2.30. The van der Waals surface area contributed by atoms with Crippen LogP contribution in [0, 0.1) is 6.92 Å². The number of carbonyl (C=O) groups is 4. The number of unbranched alkanes of at least 4 members (excludes halogenated alkanes) is 9. The lowest BCUT2D eigenvalue weighted by atomic mass is 9.90. The van der Waals surface area contributed by atoms with E-state index >= 15 is 0 Å². The van der Waals surface area contributed by atoms with Crippen LogP contribution in [0.5, 0.6) is 0 Å². The standard InChI is InChI=1S/C40H54BrN7O4/c1-28-24-30(41)15-18-33(28)38(39(42)51)47-22-23-48-32(25-44-35(48)27-47)26-45-36(49)12-10-8-6-4-2-3-5-7-9-11-21-43-31-16-13-29(14-17-31)34-19-20-37(50)46-40(34)52/h13-18,24-25,34,38,43H,2-12,19-23,26-27H2,1H3,(H2,42,51)(H,45,49)(H,46,50,52)/t34-,38+/m1/s1. The molecule has 1 saturated heterocycles. The molecule has 0 aliphatic carbocycles. The highest BCUT2D eigenvalue weighted by molar-refractivity contribution is 9.10. The van der Waals surface area contributed by atoms with Crippen molar-refractivity contribution in [3.8, 4) is 0 Å². The summed E-state index contributed by atoms with van der Waals surface area (Å²) in [5.74, 6) is -0.0339. The van der Waals surface area contributed by atoms with Crippen LogP contribution in [0.25, 0.3) is 0 Å². The summed E-state index contributed by atoms with van der Waals surface area (Å²) in [6, 6.07) is 13.4. The third-order valence-corrected chi connectivity index (χ3v) is 10.8. The average Bonchev–Trinajstić information content (AvgIpc) is 3.53. The minimum Gasteiger partial charge on any atom is -0.385 e. The fourth-order valence-corrected chi connectivity index (χ4v) is 7.83. The number of anilines is 1. The Morgan fingerprint density at radius 1 is 0.962 bits per heavy atom. The van der Waals surface area contributed by atoms with E-state index in [1.165, 1.54) is 38.5 Å². The second-order valence-electron chi connectivity index (χ2n) is 14.2. The van der Waals surface area contributed by atoms with Crippen LogP contribution in [-0.2, 0) is 38.8 Å². The maximum Gasteiger partial charge on any atom is 0.239 e. The fourth-order valence-electron chi connectivity index (χ4n) is 7.36. The van der Waals surface area contributed by atoms with Crippen molar-refractivity contribution < 1.29 is 19.2 Å². The molecule has 1 aromatic heterocycles. The van der Waals surface area contributed by atoms with Crippen LogP contribution < -0.4 is 21.7 Å². The topological polar surface area (TPSA) is 151 Å². The van der Waals surface area contributed by atoms with Crippen molar-refractivity contribution >= 4 is 45.2 Å². The van der Waals surface area contributed by atoms with Gasteiger partial charge < -0.3 is 20.9 Å². The van der Waals surface area contributed by atoms with E-state index in [2.05, 4.69) is 46.3 Å². The number of benzene rings is 2. The Balaban J connectivity index is 0.865. The number of nitrogens with one attached hydrogen (secondary N) is 3. The molecule has 12 heteroatoms. The minimum atomic E-state index is -0.520. The highest BCUT2D eigenvalue weighted by Gasteiger charge is 2.31. The average molecular weight is 777 g/mol. The van der Waals surface area contributed by atoms with Crippen LogP contribution in [0.2, 0.25) is 0 Å². The van der Waals surface area contributed by atoms with Crippen LogP contribution in [0.3, 0.4) is 0 Å². The third-order valence-electron chi connectivity index (χ3n) is 10.3. The van der Waals surface area contributed by atoms with Crippen LogP contribution in [0.15, 0.2) is 53.1 Å². The summed E-state index contributed by atoms with van der Waals surface area (Å²) in [4.78, 5) is 55.2. The lowest BCUT2D eigenvalue weighted by Crippen LogP contribution is -2.43. The number of hydrogen-bond acceptors (Lipinski definition) is 7. The molecule has 2 aromatic carbocycles. The number of nitrogens with zero attached hydrogens (tertiary/aromatic N) is 3. The predicted octanol–water partition coefficient (Wildman–Crippen LogP) is 6.54. The van der Waals surface area contributed by atoms with Gasteiger partial charge in [-0.25, -0.2) is 4.98 Å². The molecular formula is C40H54BrN7O4. The number of aryl methyl sites for hydroxylation is 1. The lowest BCUT2D eigenvalue weighted by molar-refractivity contribution is -0.134. The number of amides is 4. The van der Waals surface area contributed by atoms with E-state index in [-0.39, 0.29) is 29.5 Å². The van der Waals surface area contributed by atoms with E-state index in [1.54, 1.807) is 0 Å². The molecule has 11 nitrogen and oxygen atoms in total. The van der Waals surface area contributed by atoms with Gasteiger partial charge in [-0.05, 0) is 67.1 Å². The first kappa shape index (κ1) is 39.2. The van der Waals surface area contributed by atoms with E-state index in [9.17, 15) is 19.2 Å². The fraction of sp³-hybridized carbons (Fsp3) is 0.525. The molecular weight excluding hydrogens is 722 g/mol. The Hall–Kier alpha value is -4.03. The van der Waals surface area contributed by atoms with Crippen LogP contribution >= 0.6 is 15.9 Å². The van der Waals surface area contributed by atoms with E-state index in [0.29, 0.717) is 45.4 Å². The van der Waals surface area contributed by atoms with Crippen LogP contribution in [0.1, 0.15) is 124 Å². The quantitative estimate of drug-likeness (QED) is 0.0752. The van der Waals surface area contributed by atoms with Gasteiger partial charge in [-0.15, -0.1) is 0 Å². The first-order chi connectivity index (χ1) is 25.2. The summed E-state index contributed by atoms with van der Waals surface area (Å²) in [6.07, 6.45) is 15.0. The number of imidazole rings is 1. The van der Waals surface area contributed by atoms with Crippen molar-refractivity contribution in [2.75, 3.05) is 18.4 Å². The van der Waals surface area contributed by atoms with Gasteiger partial charge >= 0.3 is 0 Å². The van der Waals surface area contributed by atoms with Gasteiger partial charge in [0, 0.05) is 42.6 Å². The summed E-state index contributed by atoms with van der Waals surface area (Å²) in [5.41, 5.74) is 10.8. The van der Waals surface area contributed by atoms with Crippen molar-refractivity contribution in [2.24, 2.45) is 5.73 Å². The molecule has 4 amide bonds. The molecule has 1 fully saturated rings. The van der Waals surface area contributed by atoms with Gasteiger partial charge in [-0.3, -0.25) is 29.4 Å². The van der Waals surface area contributed by atoms with Gasteiger partial charge in [0.05, 0.1) is 30.9 Å². The smallest absolute Gasteiger partial charge is 0.239 e. The number of primary amides is 1. The van der Waals surface area contributed by atoms with Gasteiger partial charge in [-0.1, -0.05) is 85.5 Å². The molecule has 5 rings (SSSR count). The van der Waals surface area contributed by atoms with Gasteiger partial charge in [0.1, 0.15) is 11.9 Å². The number of rotatable bonds is 20. The zero-order chi connectivity index (χ0) is 36.9. The SMILES string of the molecule is Cc1cc(Br)ccc1[C@@H](C(N)=O)N1CCn2c(CNC(=O)CCCCCCCCCCCCNc3ccc([C@H]4CCC(=O)NC4=O)cc3)cnc2C1. The Morgan fingerprint density at radius 2 is 1.65 bits per heavy atom. The first-order valence-corrected chi connectivity index (χ1v) is 19.8. The Labute approximate surface area is 316 Å². The molecule has 2 aliphatic rings. The molecule has 280 valence electrons. The minimum absolute atomic E-state index is 0.0752. The number of piperidine rings is 1. The largest absolute Gasteiger partial charge is 0.385 e. The number of aromatic nitrogens is 2. The van der Waals surface area contributed by atoms with E-state index < -0.39 is 6.04 Å². The Kier molecular flexibility index (Phi) is 14.8. The Morgan fingerprint density at radius 3 is 2.33 bits per heavy atom. The normalized spacial score (nSPS) is 16.6. The summed E-state index contributed by atoms with van der Waals surface area (Å²) in [5, 5.41) is 8.97. The van der Waals surface area contributed by atoms with Gasteiger partial charge in [0.15, 0.2) is 0 Å². The molecule has 0 spiro atoms. The number of fused-ring (bicyclic) bond motifs is 1. The van der Waals surface area contributed by atoms with E-state index in [4.69, 9.17) is 5.73 Å². The summed E-state index contributed by atoms with van der Waals surface area (Å²) in [7, 11) is 0. The molecule has 5 N–H and O–H groups in total. The van der Waals surface area contributed by atoms with Crippen molar-refractivity contribution in [1.82, 2.24) is 25.1 Å². The molecule has 3 heterocycles. The maximum atomic E-state index is 12.6. The Bertz CT molecular complexity index is 1670. The van der Waals surface area contributed by atoms with E-state index in [1.807, 2.05) is 55.6 Å². The van der Waals surface area contributed by atoms with Crippen molar-refractivity contribution in [2.45, 2.75) is 122 Å². The molecule has 0 unspecified atom stereocenters. The number of imide groups is 1. The van der Waals surface area contributed by atoms with Gasteiger partial charge in [0.2, 0.25) is 23.6 Å². The first-order valence-electron chi connectivity index (χ1n) is 19.0. The van der Waals surface area contributed by atoms with Gasteiger partial charge in [0.25, 0.3) is 0 Å². The third kappa shape index (κ3) is 11.2. The highest BCUT2D eigenvalue weighted by atomic mass is 79.9. The number of nitrogens with two attached hydrogens (primary N) is 1. The van der Waals surface area contributed by atoms with Crippen molar-refractivity contribution in [3.63, 3.8) is 0 Å². The summed E-state index contributed by atoms with van der Waals surface area (Å²) in [6.45, 7) is 5.24.